The second-order valence-corrected chi connectivity index (χ2v) is 4.90. The van der Waals surface area contributed by atoms with Gasteiger partial charge in [-0.1, -0.05) is 12.1 Å². The van der Waals surface area contributed by atoms with Gasteiger partial charge in [0.05, 0.1) is 7.11 Å². The van der Waals surface area contributed by atoms with Crippen LogP contribution in [0.5, 0.6) is 5.75 Å². The summed E-state index contributed by atoms with van der Waals surface area (Å²) >= 11 is 0. The molecule has 0 amide bonds. The van der Waals surface area contributed by atoms with E-state index in [1.165, 1.54) is 18.4 Å². The first-order chi connectivity index (χ1) is 8.83. The van der Waals surface area contributed by atoms with Gasteiger partial charge in [0.15, 0.2) is 0 Å². The van der Waals surface area contributed by atoms with Crippen molar-refractivity contribution in [1.82, 2.24) is 5.32 Å². The molecule has 0 aromatic heterocycles. The van der Waals surface area contributed by atoms with Crippen LogP contribution in [0.4, 0.5) is 0 Å². The maximum absolute atomic E-state index is 5.26. The van der Waals surface area contributed by atoms with Gasteiger partial charge in [-0.25, -0.2) is 0 Å². The number of methoxy groups -OCH3 is 1. The largest absolute Gasteiger partial charge is 0.497 e. The Morgan fingerprint density at radius 3 is 3.00 bits per heavy atom. The van der Waals surface area contributed by atoms with Crippen molar-refractivity contribution >= 4 is 0 Å². The normalized spacial score (nSPS) is 22.0. The van der Waals surface area contributed by atoms with Gasteiger partial charge in [-0.05, 0) is 49.4 Å². The SMILES string of the molecule is C#CCCCNC1CC(c2cccc(OC)c2)C1. The molecule has 0 unspecified atom stereocenters. The fraction of sp³-hybridized carbons (Fsp3) is 0.500. The Labute approximate surface area is 110 Å². The zero-order valence-corrected chi connectivity index (χ0v) is 11.0. The number of hydrogen-bond acceptors (Lipinski definition) is 2. The van der Waals surface area contributed by atoms with Crippen LogP contribution in [0.2, 0.25) is 0 Å². The molecule has 0 bridgehead atoms. The molecule has 1 aliphatic rings. The van der Waals surface area contributed by atoms with Crippen molar-refractivity contribution in [2.75, 3.05) is 13.7 Å². The summed E-state index contributed by atoms with van der Waals surface area (Å²) in [4.78, 5) is 0. The van der Waals surface area contributed by atoms with E-state index >= 15 is 0 Å². The number of benzene rings is 1. The van der Waals surface area contributed by atoms with Crippen LogP contribution in [0.25, 0.3) is 0 Å². The van der Waals surface area contributed by atoms with Gasteiger partial charge in [0.1, 0.15) is 5.75 Å². The van der Waals surface area contributed by atoms with Crippen molar-refractivity contribution in [3.8, 4) is 18.1 Å². The average Bonchev–Trinajstić information content (AvgIpc) is 2.36. The lowest BCUT2D eigenvalue weighted by Gasteiger charge is -2.36. The predicted molar refractivity (Wildman–Crippen MR) is 74.8 cm³/mol. The van der Waals surface area contributed by atoms with Crippen LogP contribution in [-0.2, 0) is 0 Å². The van der Waals surface area contributed by atoms with Gasteiger partial charge >= 0.3 is 0 Å². The third-order valence-corrected chi connectivity index (χ3v) is 3.63. The lowest BCUT2D eigenvalue weighted by Crippen LogP contribution is -2.40. The summed E-state index contributed by atoms with van der Waals surface area (Å²) in [6.45, 7) is 1.04. The van der Waals surface area contributed by atoms with Crippen molar-refractivity contribution in [1.29, 1.82) is 0 Å². The fourth-order valence-corrected chi connectivity index (χ4v) is 2.45. The Balaban J connectivity index is 1.73. The van der Waals surface area contributed by atoms with Crippen LogP contribution in [0.15, 0.2) is 24.3 Å². The molecule has 0 heterocycles. The Bertz CT molecular complexity index is 415. The minimum Gasteiger partial charge on any atom is -0.497 e. The first kappa shape index (κ1) is 13.0. The van der Waals surface area contributed by atoms with E-state index < -0.39 is 0 Å². The standard InChI is InChI=1S/C16H21NO/c1-3-4-5-9-17-15-10-14(11-15)13-7-6-8-16(12-13)18-2/h1,6-8,12,14-15,17H,4-5,9-11H2,2H3. The number of terminal acetylenes is 1. The Morgan fingerprint density at radius 2 is 2.28 bits per heavy atom. The third kappa shape index (κ3) is 3.27. The van der Waals surface area contributed by atoms with Gasteiger partial charge in [-0.15, -0.1) is 12.3 Å². The van der Waals surface area contributed by atoms with E-state index in [1.807, 2.05) is 6.07 Å². The maximum Gasteiger partial charge on any atom is 0.119 e. The number of nitrogens with one attached hydrogen (secondary N) is 1. The van der Waals surface area contributed by atoms with E-state index in [1.54, 1.807) is 7.11 Å². The highest BCUT2D eigenvalue weighted by Gasteiger charge is 2.29. The second-order valence-electron chi connectivity index (χ2n) is 4.90. The molecule has 0 atom stereocenters. The summed E-state index contributed by atoms with van der Waals surface area (Å²) in [6, 6.07) is 9.08. The van der Waals surface area contributed by atoms with Crippen molar-refractivity contribution < 1.29 is 4.74 Å². The second kappa shape index (κ2) is 6.47. The summed E-state index contributed by atoms with van der Waals surface area (Å²) in [5.41, 5.74) is 1.40. The van der Waals surface area contributed by atoms with Gasteiger partial charge in [-0.2, -0.15) is 0 Å². The molecule has 0 radical (unpaired) electrons. The number of hydrogen-bond donors (Lipinski definition) is 1. The zero-order valence-electron chi connectivity index (χ0n) is 11.0. The lowest BCUT2D eigenvalue weighted by atomic mass is 9.76. The van der Waals surface area contributed by atoms with Crippen LogP contribution in [0, 0.1) is 12.3 Å². The third-order valence-electron chi connectivity index (χ3n) is 3.63. The maximum atomic E-state index is 5.26. The highest BCUT2D eigenvalue weighted by atomic mass is 16.5. The Morgan fingerprint density at radius 1 is 1.44 bits per heavy atom. The van der Waals surface area contributed by atoms with Gasteiger partial charge in [0.2, 0.25) is 0 Å². The van der Waals surface area contributed by atoms with Crippen molar-refractivity contribution in [2.24, 2.45) is 0 Å². The molecule has 1 fully saturated rings. The topological polar surface area (TPSA) is 21.3 Å². The molecule has 1 aromatic carbocycles. The molecular formula is C16H21NO. The summed E-state index contributed by atoms with van der Waals surface area (Å²) in [6.07, 6.45) is 9.63. The zero-order chi connectivity index (χ0) is 12.8. The van der Waals surface area contributed by atoms with Gasteiger partial charge in [-0.3, -0.25) is 0 Å². The minimum atomic E-state index is 0.666. The smallest absolute Gasteiger partial charge is 0.119 e. The molecule has 1 aromatic rings. The molecule has 1 aliphatic carbocycles. The van der Waals surface area contributed by atoms with Crippen molar-refractivity contribution in [2.45, 2.75) is 37.6 Å². The van der Waals surface area contributed by atoms with Gasteiger partial charge < -0.3 is 10.1 Å². The Kier molecular flexibility index (Phi) is 4.66. The molecule has 0 spiro atoms. The van der Waals surface area contributed by atoms with Crippen LogP contribution in [-0.4, -0.2) is 19.7 Å². The molecule has 18 heavy (non-hydrogen) atoms. The Hall–Kier alpha value is -1.46. The van der Waals surface area contributed by atoms with Crippen LogP contribution in [0.3, 0.4) is 0 Å². The molecule has 2 heteroatoms. The highest BCUT2D eigenvalue weighted by Crippen LogP contribution is 2.37. The number of rotatable bonds is 6. The minimum absolute atomic E-state index is 0.666. The fourth-order valence-electron chi connectivity index (χ4n) is 2.45. The summed E-state index contributed by atoms with van der Waals surface area (Å²) in [7, 11) is 1.72. The first-order valence-electron chi connectivity index (χ1n) is 6.64. The monoisotopic (exact) mass is 243 g/mol. The van der Waals surface area contributed by atoms with E-state index in [-0.39, 0.29) is 0 Å². The van der Waals surface area contributed by atoms with E-state index in [0.29, 0.717) is 12.0 Å². The summed E-state index contributed by atoms with van der Waals surface area (Å²) < 4.78 is 5.26. The van der Waals surface area contributed by atoms with E-state index in [9.17, 15) is 0 Å². The summed E-state index contributed by atoms with van der Waals surface area (Å²) in [5, 5.41) is 3.56. The average molecular weight is 243 g/mol. The first-order valence-corrected chi connectivity index (χ1v) is 6.64. The van der Waals surface area contributed by atoms with Crippen molar-refractivity contribution in [3.05, 3.63) is 29.8 Å². The molecule has 0 saturated heterocycles. The van der Waals surface area contributed by atoms with E-state index in [2.05, 4.69) is 29.4 Å². The van der Waals surface area contributed by atoms with Crippen LogP contribution < -0.4 is 10.1 Å². The number of unbranched alkanes of at least 4 members (excludes halogenated alkanes) is 1. The molecule has 1 N–H and O–H groups in total. The van der Waals surface area contributed by atoms with Crippen LogP contribution in [0.1, 0.15) is 37.2 Å². The predicted octanol–water partition coefficient (Wildman–Crippen LogP) is 2.94. The summed E-state index contributed by atoms with van der Waals surface area (Å²) in [5.74, 6) is 4.31. The van der Waals surface area contributed by atoms with Crippen molar-refractivity contribution in [3.63, 3.8) is 0 Å². The molecule has 2 rings (SSSR count). The molecular weight excluding hydrogens is 222 g/mol. The number of ether oxygens (including phenoxy) is 1. The molecule has 2 nitrogen and oxygen atoms in total. The van der Waals surface area contributed by atoms with Gasteiger partial charge in [0.25, 0.3) is 0 Å². The van der Waals surface area contributed by atoms with Crippen LogP contribution >= 0.6 is 0 Å². The molecule has 1 saturated carbocycles. The van der Waals surface area contributed by atoms with E-state index in [4.69, 9.17) is 11.2 Å². The van der Waals surface area contributed by atoms with E-state index in [0.717, 1.165) is 25.1 Å². The quantitative estimate of drug-likeness (QED) is 0.612. The molecule has 96 valence electrons. The highest BCUT2D eigenvalue weighted by molar-refractivity contribution is 5.32. The lowest BCUT2D eigenvalue weighted by molar-refractivity contribution is 0.290. The van der Waals surface area contributed by atoms with Gasteiger partial charge in [0, 0.05) is 12.5 Å². The molecule has 0 aliphatic heterocycles.